The standard InChI is InChI=1S/C16H17FN2O/c1-2-16(20)14-6-5-13(10-18-14)19-8-7-11-3-4-12(17)9-15(11)19/h3-6,9-10,16,20H,2,7-8H2,1H3/t16-/m1/s1. The molecule has 0 fully saturated rings. The van der Waals surface area contributed by atoms with Crippen LogP contribution in [0.15, 0.2) is 36.5 Å². The van der Waals surface area contributed by atoms with Crippen LogP contribution in [0, 0.1) is 5.82 Å². The summed E-state index contributed by atoms with van der Waals surface area (Å²) in [6, 6.07) is 8.67. The van der Waals surface area contributed by atoms with Gasteiger partial charge in [-0.1, -0.05) is 13.0 Å². The van der Waals surface area contributed by atoms with Crippen LogP contribution in [0.2, 0.25) is 0 Å². The van der Waals surface area contributed by atoms with Crippen LogP contribution in [0.5, 0.6) is 0 Å². The quantitative estimate of drug-likeness (QED) is 0.930. The van der Waals surface area contributed by atoms with Crippen molar-refractivity contribution in [3.8, 4) is 0 Å². The number of benzene rings is 1. The lowest BCUT2D eigenvalue weighted by Crippen LogP contribution is -2.14. The van der Waals surface area contributed by atoms with E-state index in [1.54, 1.807) is 12.3 Å². The number of hydrogen-bond acceptors (Lipinski definition) is 3. The summed E-state index contributed by atoms with van der Waals surface area (Å²) < 4.78 is 13.4. The molecular weight excluding hydrogens is 255 g/mol. The third-order valence-electron chi connectivity index (χ3n) is 3.75. The molecule has 3 rings (SSSR count). The Bertz CT molecular complexity index is 612. The Kier molecular flexibility index (Phi) is 3.40. The molecule has 0 radical (unpaired) electrons. The van der Waals surface area contributed by atoms with Crippen molar-refractivity contribution in [2.24, 2.45) is 0 Å². The van der Waals surface area contributed by atoms with Gasteiger partial charge in [0, 0.05) is 12.2 Å². The molecule has 1 aromatic heterocycles. The smallest absolute Gasteiger partial charge is 0.125 e. The van der Waals surface area contributed by atoms with Crippen molar-refractivity contribution in [2.75, 3.05) is 11.4 Å². The minimum absolute atomic E-state index is 0.221. The van der Waals surface area contributed by atoms with E-state index in [-0.39, 0.29) is 5.82 Å². The van der Waals surface area contributed by atoms with Gasteiger partial charge in [0.25, 0.3) is 0 Å². The predicted octanol–water partition coefficient (Wildman–Crippen LogP) is 3.36. The molecular formula is C16H17FN2O. The number of rotatable bonds is 3. The number of aliphatic hydroxyl groups excluding tert-OH is 1. The molecule has 0 spiro atoms. The number of aliphatic hydroxyl groups is 1. The lowest BCUT2D eigenvalue weighted by molar-refractivity contribution is 0.169. The Morgan fingerprint density at radius 2 is 2.20 bits per heavy atom. The summed E-state index contributed by atoms with van der Waals surface area (Å²) in [5.41, 5.74) is 3.68. The summed E-state index contributed by atoms with van der Waals surface area (Å²) in [6.07, 6.45) is 2.78. The largest absolute Gasteiger partial charge is 0.387 e. The highest BCUT2D eigenvalue weighted by Crippen LogP contribution is 2.34. The summed E-state index contributed by atoms with van der Waals surface area (Å²) >= 11 is 0. The van der Waals surface area contributed by atoms with E-state index in [1.165, 1.54) is 6.07 Å². The molecule has 4 heteroatoms. The van der Waals surface area contributed by atoms with Crippen LogP contribution >= 0.6 is 0 Å². The molecule has 1 N–H and O–H groups in total. The molecule has 1 aliphatic heterocycles. The maximum absolute atomic E-state index is 13.4. The van der Waals surface area contributed by atoms with Crippen LogP contribution in [0.25, 0.3) is 0 Å². The number of aromatic nitrogens is 1. The molecule has 0 unspecified atom stereocenters. The second-order valence-electron chi connectivity index (χ2n) is 5.04. The van der Waals surface area contributed by atoms with Gasteiger partial charge >= 0.3 is 0 Å². The molecule has 3 nitrogen and oxygen atoms in total. The van der Waals surface area contributed by atoms with Gasteiger partial charge in [0.15, 0.2) is 0 Å². The summed E-state index contributed by atoms with van der Waals surface area (Å²) in [6.45, 7) is 2.75. The van der Waals surface area contributed by atoms with E-state index < -0.39 is 6.10 Å². The van der Waals surface area contributed by atoms with Gasteiger partial charge in [-0.2, -0.15) is 0 Å². The molecule has 0 aliphatic carbocycles. The zero-order chi connectivity index (χ0) is 14.1. The SMILES string of the molecule is CC[C@@H](O)c1ccc(N2CCc3ccc(F)cc32)cn1. The first-order chi connectivity index (χ1) is 9.69. The summed E-state index contributed by atoms with van der Waals surface area (Å²) in [5.74, 6) is -0.221. The fourth-order valence-electron chi connectivity index (χ4n) is 2.58. The van der Waals surface area contributed by atoms with Crippen molar-refractivity contribution in [2.45, 2.75) is 25.9 Å². The van der Waals surface area contributed by atoms with Gasteiger partial charge in [-0.05, 0) is 42.7 Å². The van der Waals surface area contributed by atoms with E-state index in [2.05, 4.69) is 9.88 Å². The van der Waals surface area contributed by atoms with Crippen LogP contribution in [0.3, 0.4) is 0 Å². The highest BCUT2D eigenvalue weighted by molar-refractivity contribution is 5.69. The van der Waals surface area contributed by atoms with Crippen molar-refractivity contribution in [3.05, 3.63) is 53.6 Å². The third-order valence-corrected chi connectivity index (χ3v) is 3.75. The van der Waals surface area contributed by atoms with E-state index in [0.717, 1.165) is 29.9 Å². The van der Waals surface area contributed by atoms with Crippen LogP contribution in [0.1, 0.15) is 30.7 Å². The van der Waals surface area contributed by atoms with Crippen molar-refractivity contribution >= 4 is 11.4 Å². The first-order valence-corrected chi connectivity index (χ1v) is 6.89. The molecule has 0 saturated carbocycles. The molecule has 0 bridgehead atoms. The lowest BCUT2D eigenvalue weighted by Gasteiger charge is -2.19. The lowest BCUT2D eigenvalue weighted by atomic mass is 10.1. The first kappa shape index (κ1) is 13.1. The van der Waals surface area contributed by atoms with Crippen LogP contribution < -0.4 is 4.90 Å². The Balaban J connectivity index is 1.90. The molecule has 1 atom stereocenters. The van der Waals surface area contributed by atoms with E-state index in [1.807, 2.05) is 25.1 Å². The Hall–Kier alpha value is -1.94. The van der Waals surface area contributed by atoms with E-state index in [4.69, 9.17) is 0 Å². The maximum atomic E-state index is 13.4. The maximum Gasteiger partial charge on any atom is 0.125 e. The predicted molar refractivity (Wildman–Crippen MR) is 76.6 cm³/mol. The number of hydrogen-bond donors (Lipinski definition) is 1. The zero-order valence-corrected chi connectivity index (χ0v) is 11.4. The number of pyridine rings is 1. The summed E-state index contributed by atoms with van der Waals surface area (Å²) in [5, 5.41) is 9.75. The van der Waals surface area contributed by atoms with Crippen LogP contribution in [-0.2, 0) is 6.42 Å². The number of fused-ring (bicyclic) bond motifs is 1. The minimum Gasteiger partial charge on any atom is -0.387 e. The molecule has 0 saturated heterocycles. The average molecular weight is 272 g/mol. The highest BCUT2D eigenvalue weighted by Gasteiger charge is 2.21. The fraction of sp³-hybridized carbons (Fsp3) is 0.312. The van der Waals surface area contributed by atoms with E-state index >= 15 is 0 Å². The Labute approximate surface area is 117 Å². The van der Waals surface area contributed by atoms with Gasteiger partial charge in [0.1, 0.15) is 5.82 Å². The monoisotopic (exact) mass is 272 g/mol. The van der Waals surface area contributed by atoms with Crippen molar-refractivity contribution in [3.63, 3.8) is 0 Å². The first-order valence-electron chi connectivity index (χ1n) is 6.89. The second kappa shape index (κ2) is 5.21. The van der Waals surface area contributed by atoms with Gasteiger partial charge in [-0.25, -0.2) is 4.39 Å². The van der Waals surface area contributed by atoms with Crippen molar-refractivity contribution in [1.29, 1.82) is 0 Å². The highest BCUT2D eigenvalue weighted by atomic mass is 19.1. The number of nitrogens with zero attached hydrogens (tertiary/aromatic N) is 2. The van der Waals surface area contributed by atoms with Crippen molar-refractivity contribution in [1.82, 2.24) is 4.98 Å². The normalized spacial score (nSPS) is 15.2. The van der Waals surface area contributed by atoms with Crippen LogP contribution in [-0.4, -0.2) is 16.6 Å². The molecule has 20 heavy (non-hydrogen) atoms. The van der Waals surface area contributed by atoms with Gasteiger partial charge in [0.2, 0.25) is 0 Å². The van der Waals surface area contributed by atoms with E-state index in [0.29, 0.717) is 12.1 Å². The van der Waals surface area contributed by atoms with Gasteiger partial charge in [0.05, 0.1) is 23.7 Å². The molecule has 0 amide bonds. The third kappa shape index (κ3) is 2.27. The molecule has 2 aromatic rings. The molecule has 1 aromatic carbocycles. The summed E-state index contributed by atoms with van der Waals surface area (Å²) in [7, 11) is 0. The second-order valence-corrected chi connectivity index (χ2v) is 5.04. The molecule has 2 heterocycles. The number of anilines is 2. The number of halogens is 1. The van der Waals surface area contributed by atoms with Gasteiger partial charge in [-0.15, -0.1) is 0 Å². The zero-order valence-electron chi connectivity index (χ0n) is 11.4. The topological polar surface area (TPSA) is 36.4 Å². The van der Waals surface area contributed by atoms with Crippen LogP contribution in [0.4, 0.5) is 15.8 Å². The Morgan fingerprint density at radius 3 is 2.90 bits per heavy atom. The average Bonchev–Trinajstić information content (AvgIpc) is 2.89. The van der Waals surface area contributed by atoms with Gasteiger partial charge < -0.3 is 10.0 Å². The van der Waals surface area contributed by atoms with Gasteiger partial charge in [-0.3, -0.25) is 4.98 Å². The van der Waals surface area contributed by atoms with Crippen molar-refractivity contribution < 1.29 is 9.50 Å². The van der Waals surface area contributed by atoms with E-state index in [9.17, 15) is 9.50 Å². The molecule has 1 aliphatic rings. The minimum atomic E-state index is -0.521. The molecule has 104 valence electrons. The fourth-order valence-corrected chi connectivity index (χ4v) is 2.58. The summed E-state index contributed by atoms with van der Waals surface area (Å²) in [4.78, 5) is 6.37. The Morgan fingerprint density at radius 1 is 1.35 bits per heavy atom.